The average Bonchev–Trinajstić information content (AvgIpc) is 1.95. The summed E-state index contributed by atoms with van der Waals surface area (Å²) in [6.07, 6.45) is 0. The highest BCUT2D eigenvalue weighted by Crippen LogP contribution is 2.31. The van der Waals surface area contributed by atoms with Gasteiger partial charge in [-0.05, 0) is 27.7 Å². The van der Waals surface area contributed by atoms with Crippen LogP contribution in [0.3, 0.4) is 0 Å². The molecule has 0 aromatic heterocycles. The predicted octanol–water partition coefficient (Wildman–Crippen LogP) is 1.94. The third-order valence-corrected chi connectivity index (χ3v) is 2.22. The molecule has 2 nitrogen and oxygen atoms in total. The van der Waals surface area contributed by atoms with Crippen LogP contribution in [-0.4, -0.2) is 17.7 Å². The lowest BCUT2D eigenvalue weighted by molar-refractivity contribution is -0.0312. The van der Waals surface area contributed by atoms with Crippen molar-refractivity contribution in [3.8, 4) is 0 Å². The van der Waals surface area contributed by atoms with Crippen LogP contribution in [0, 0.1) is 0 Å². The number of hydrogen-bond acceptors (Lipinski definition) is 2. The monoisotopic (exact) mass is 141 g/mol. The van der Waals surface area contributed by atoms with E-state index in [4.69, 9.17) is 4.74 Å². The number of nitrogens with zero attached hydrogens (tertiary/aromatic N) is 1. The van der Waals surface area contributed by atoms with E-state index in [9.17, 15) is 0 Å². The fraction of sp³-hybridized carbons (Fsp3) is 0.750. The second-order valence-electron chi connectivity index (χ2n) is 3.25. The third-order valence-electron chi connectivity index (χ3n) is 2.22. The molecule has 0 bridgehead atoms. The largest absolute Gasteiger partial charge is 0.471 e. The molecule has 0 aromatic carbocycles. The van der Waals surface area contributed by atoms with Gasteiger partial charge in [-0.3, -0.25) is 0 Å². The van der Waals surface area contributed by atoms with E-state index >= 15 is 0 Å². The molecule has 0 N–H and O–H groups in total. The molecule has 0 atom stereocenters. The van der Waals surface area contributed by atoms with Crippen LogP contribution in [-0.2, 0) is 4.74 Å². The van der Waals surface area contributed by atoms with E-state index in [0.717, 1.165) is 5.76 Å². The highest BCUT2D eigenvalue weighted by Gasteiger charge is 2.32. The van der Waals surface area contributed by atoms with Gasteiger partial charge in [0.1, 0.15) is 5.76 Å². The number of allylic oxidation sites excluding steroid dienone is 2. The second-order valence-corrected chi connectivity index (χ2v) is 3.25. The zero-order valence-electron chi connectivity index (χ0n) is 7.36. The van der Waals surface area contributed by atoms with Crippen molar-refractivity contribution in [2.24, 2.45) is 0 Å². The molecule has 58 valence electrons. The van der Waals surface area contributed by atoms with Gasteiger partial charge in [0.25, 0.3) is 0 Å². The fourth-order valence-electron chi connectivity index (χ4n) is 1.16. The van der Waals surface area contributed by atoms with Crippen LogP contribution in [0.5, 0.6) is 0 Å². The Morgan fingerprint density at radius 2 is 1.80 bits per heavy atom. The lowest BCUT2D eigenvalue weighted by atomic mass is 10.3. The Morgan fingerprint density at radius 3 is 1.90 bits per heavy atom. The van der Waals surface area contributed by atoms with Gasteiger partial charge in [-0.15, -0.1) is 0 Å². The first-order chi connectivity index (χ1) is 4.45. The van der Waals surface area contributed by atoms with E-state index in [0.29, 0.717) is 0 Å². The maximum atomic E-state index is 5.58. The summed E-state index contributed by atoms with van der Waals surface area (Å²) >= 11 is 0. The molecular weight excluding hydrogens is 126 g/mol. The minimum atomic E-state index is -0.145. The number of ether oxygens (including phenoxy) is 1. The first-order valence-electron chi connectivity index (χ1n) is 3.55. The molecule has 0 amide bonds. The Hall–Kier alpha value is -0.660. The van der Waals surface area contributed by atoms with Gasteiger partial charge < -0.3 is 9.64 Å². The summed E-state index contributed by atoms with van der Waals surface area (Å²) in [6.45, 7) is 8.20. The molecule has 0 spiro atoms. The van der Waals surface area contributed by atoms with E-state index < -0.39 is 0 Å². The summed E-state index contributed by atoms with van der Waals surface area (Å²) in [5, 5.41) is 0. The highest BCUT2D eigenvalue weighted by atomic mass is 16.5. The van der Waals surface area contributed by atoms with Gasteiger partial charge in [-0.1, -0.05) is 0 Å². The normalized spacial score (nSPS) is 23.5. The first-order valence-corrected chi connectivity index (χ1v) is 3.55. The molecule has 0 saturated heterocycles. The van der Waals surface area contributed by atoms with Gasteiger partial charge >= 0.3 is 0 Å². The smallest absolute Gasteiger partial charge is 0.176 e. The van der Waals surface area contributed by atoms with Crippen LogP contribution in [0.1, 0.15) is 27.7 Å². The molecule has 2 heteroatoms. The summed E-state index contributed by atoms with van der Waals surface area (Å²) in [6, 6.07) is 0. The summed E-state index contributed by atoms with van der Waals surface area (Å²) in [4.78, 5) is 2.14. The molecule has 0 saturated carbocycles. The summed E-state index contributed by atoms with van der Waals surface area (Å²) in [5.74, 6) is 1.03. The van der Waals surface area contributed by atoms with Crippen LogP contribution in [0.2, 0.25) is 0 Å². The standard InChI is InChI=1S/C8H15NO/c1-6-7(2)10-8(3,4)9(6)5/h1-5H3. The zero-order chi connectivity index (χ0) is 7.94. The maximum absolute atomic E-state index is 5.58. The molecule has 0 unspecified atom stereocenters. The molecule has 1 heterocycles. The maximum Gasteiger partial charge on any atom is 0.176 e. The Labute approximate surface area is 62.5 Å². The first kappa shape index (κ1) is 7.45. The lowest BCUT2D eigenvalue weighted by Gasteiger charge is -2.29. The Kier molecular flexibility index (Phi) is 1.42. The highest BCUT2D eigenvalue weighted by molar-refractivity contribution is 5.10. The van der Waals surface area contributed by atoms with Gasteiger partial charge in [0.15, 0.2) is 5.72 Å². The van der Waals surface area contributed by atoms with Crippen LogP contribution < -0.4 is 0 Å². The van der Waals surface area contributed by atoms with Crippen LogP contribution >= 0.6 is 0 Å². The van der Waals surface area contributed by atoms with Crippen molar-refractivity contribution in [2.75, 3.05) is 7.05 Å². The van der Waals surface area contributed by atoms with E-state index in [1.165, 1.54) is 5.70 Å². The molecule has 0 fully saturated rings. The number of hydrogen-bond donors (Lipinski definition) is 0. The molecule has 0 aromatic rings. The van der Waals surface area contributed by atoms with Crippen molar-refractivity contribution in [1.82, 2.24) is 4.90 Å². The van der Waals surface area contributed by atoms with Crippen LogP contribution in [0.4, 0.5) is 0 Å². The Balaban J connectivity index is 2.87. The van der Waals surface area contributed by atoms with Gasteiger partial charge in [-0.2, -0.15) is 0 Å². The van der Waals surface area contributed by atoms with Crippen molar-refractivity contribution < 1.29 is 4.74 Å². The Morgan fingerprint density at radius 1 is 1.30 bits per heavy atom. The Bertz CT molecular complexity index is 182. The van der Waals surface area contributed by atoms with E-state index in [-0.39, 0.29) is 5.72 Å². The number of rotatable bonds is 0. The minimum absolute atomic E-state index is 0.145. The molecule has 1 aliphatic heterocycles. The lowest BCUT2D eigenvalue weighted by Crippen LogP contribution is -2.36. The third kappa shape index (κ3) is 0.877. The quantitative estimate of drug-likeness (QED) is 0.511. The van der Waals surface area contributed by atoms with Crippen LogP contribution in [0.15, 0.2) is 11.5 Å². The van der Waals surface area contributed by atoms with Gasteiger partial charge in [0.05, 0.1) is 5.70 Å². The molecule has 10 heavy (non-hydrogen) atoms. The second kappa shape index (κ2) is 1.91. The minimum Gasteiger partial charge on any atom is -0.471 e. The van der Waals surface area contributed by atoms with E-state index in [1.807, 2.05) is 14.0 Å². The average molecular weight is 141 g/mol. The topological polar surface area (TPSA) is 12.5 Å². The van der Waals surface area contributed by atoms with Crippen LogP contribution in [0.25, 0.3) is 0 Å². The van der Waals surface area contributed by atoms with Gasteiger partial charge in [0.2, 0.25) is 0 Å². The van der Waals surface area contributed by atoms with Crippen molar-refractivity contribution in [3.05, 3.63) is 11.5 Å². The van der Waals surface area contributed by atoms with Crippen molar-refractivity contribution >= 4 is 0 Å². The molecule has 0 radical (unpaired) electrons. The zero-order valence-corrected chi connectivity index (χ0v) is 7.36. The SMILES string of the molecule is CC1=C(C)N(C)C(C)(C)O1. The fourth-order valence-corrected chi connectivity index (χ4v) is 1.16. The molecule has 1 aliphatic rings. The van der Waals surface area contributed by atoms with Crippen molar-refractivity contribution in [1.29, 1.82) is 0 Å². The molecule has 1 rings (SSSR count). The van der Waals surface area contributed by atoms with Gasteiger partial charge in [0, 0.05) is 7.05 Å². The van der Waals surface area contributed by atoms with E-state index in [2.05, 4.69) is 25.7 Å². The van der Waals surface area contributed by atoms with E-state index in [1.54, 1.807) is 0 Å². The molecular formula is C8H15NO. The summed E-state index contributed by atoms with van der Waals surface area (Å²) < 4.78 is 5.58. The predicted molar refractivity (Wildman–Crippen MR) is 41.3 cm³/mol. The summed E-state index contributed by atoms with van der Waals surface area (Å²) in [7, 11) is 2.05. The van der Waals surface area contributed by atoms with Gasteiger partial charge in [-0.25, -0.2) is 0 Å². The van der Waals surface area contributed by atoms with Crippen molar-refractivity contribution in [2.45, 2.75) is 33.4 Å². The molecule has 0 aliphatic carbocycles. The van der Waals surface area contributed by atoms with Crippen molar-refractivity contribution in [3.63, 3.8) is 0 Å². The summed E-state index contributed by atoms with van der Waals surface area (Å²) in [5.41, 5.74) is 1.08.